The van der Waals surface area contributed by atoms with E-state index in [-0.39, 0.29) is 10.6 Å². The second-order valence-electron chi connectivity index (χ2n) is 2.57. The van der Waals surface area contributed by atoms with Crippen LogP contribution in [0.15, 0.2) is 18.2 Å². The molecule has 1 rings (SSSR count). The van der Waals surface area contributed by atoms with Crippen molar-refractivity contribution in [3.05, 3.63) is 34.6 Å². The summed E-state index contributed by atoms with van der Waals surface area (Å²) in [6.45, 7) is 0. The lowest BCUT2D eigenvalue weighted by Gasteiger charge is -2.15. The largest absolute Gasteiger partial charge is 0.405 e. The highest BCUT2D eigenvalue weighted by atomic mass is 79.9. The van der Waals surface area contributed by atoms with Crippen LogP contribution in [-0.2, 0) is 0 Å². The minimum absolute atomic E-state index is 0.120. The van der Waals surface area contributed by atoms with Crippen LogP contribution in [0.25, 0.3) is 0 Å². The lowest BCUT2D eigenvalue weighted by atomic mass is 10.1. The van der Waals surface area contributed by atoms with Crippen molar-refractivity contribution >= 4 is 27.5 Å². The van der Waals surface area contributed by atoms with Crippen LogP contribution in [0.1, 0.15) is 10.4 Å². The Bertz CT molecular complexity index is 337. The Balaban J connectivity index is 3.12. The maximum atomic E-state index is 12.6. The molecule has 78 valence electrons. The summed E-state index contributed by atoms with van der Waals surface area (Å²) in [6, 6.07) is 2.85. The number of hydrogen-bond donors (Lipinski definition) is 0. The van der Waals surface area contributed by atoms with E-state index in [1.165, 1.54) is 0 Å². The monoisotopic (exact) mass is 290 g/mol. The minimum atomic E-state index is -4.49. The SMILES string of the molecule is Fc1ccc(Cl)c(C(Br)C(F)(F)F)c1. The molecule has 0 fully saturated rings. The summed E-state index contributed by atoms with van der Waals surface area (Å²) in [5, 5.41) is -0.120. The van der Waals surface area contributed by atoms with Gasteiger partial charge in [-0.25, -0.2) is 4.39 Å². The molecule has 1 aromatic rings. The van der Waals surface area contributed by atoms with Gasteiger partial charge in [0.05, 0.1) is 0 Å². The van der Waals surface area contributed by atoms with Crippen LogP contribution in [0.2, 0.25) is 5.02 Å². The van der Waals surface area contributed by atoms with Crippen molar-refractivity contribution in [2.24, 2.45) is 0 Å². The molecular formula is C8H4BrClF4. The van der Waals surface area contributed by atoms with Crippen molar-refractivity contribution < 1.29 is 17.6 Å². The first-order chi connectivity index (χ1) is 6.32. The smallest absolute Gasteiger partial charge is 0.207 e. The molecule has 0 N–H and O–H groups in total. The summed E-state index contributed by atoms with van der Waals surface area (Å²) in [4.78, 5) is -1.95. The Morgan fingerprint density at radius 2 is 1.86 bits per heavy atom. The van der Waals surface area contributed by atoms with Crippen molar-refractivity contribution in [2.75, 3.05) is 0 Å². The van der Waals surface area contributed by atoms with Gasteiger partial charge in [0.15, 0.2) is 0 Å². The van der Waals surface area contributed by atoms with Gasteiger partial charge in [0.25, 0.3) is 0 Å². The zero-order chi connectivity index (χ0) is 10.9. The topological polar surface area (TPSA) is 0 Å². The summed E-state index contributed by atoms with van der Waals surface area (Å²) in [6.07, 6.45) is -4.49. The number of hydrogen-bond acceptors (Lipinski definition) is 0. The third-order valence-corrected chi connectivity index (χ3v) is 2.88. The highest BCUT2D eigenvalue weighted by molar-refractivity contribution is 9.09. The van der Waals surface area contributed by atoms with Crippen molar-refractivity contribution in [1.29, 1.82) is 0 Å². The Hall–Kier alpha value is -0.290. The summed E-state index contributed by atoms with van der Waals surface area (Å²) >= 11 is 7.92. The van der Waals surface area contributed by atoms with Crippen molar-refractivity contribution in [2.45, 2.75) is 11.0 Å². The lowest BCUT2D eigenvalue weighted by Crippen LogP contribution is -2.15. The van der Waals surface area contributed by atoms with E-state index in [1.807, 2.05) is 0 Å². The molecule has 0 saturated carbocycles. The van der Waals surface area contributed by atoms with E-state index < -0.39 is 16.8 Å². The first-order valence-corrected chi connectivity index (χ1v) is 4.77. The molecular weight excluding hydrogens is 287 g/mol. The maximum absolute atomic E-state index is 12.6. The fourth-order valence-corrected chi connectivity index (χ4v) is 1.62. The Kier molecular flexibility index (Phi) is 3.42. The molecule has 0 bridgehead atoms. The molecule has 1 aromatic carbocycles. The summed E-state index contributed by atoms with van der Waals surface area (Å²) in [5.41, 5.74) is -0.320. The number of alkyl halides is 4. The molecule has 0 spiro atoms. The molecule has 0 aliphatic carbocycles. The summed E-state index contributed by atoms with van der Waals surface area (Å²) in [5.74, 6) is -0.752. The summed E-state index contributed by atoms with van der Waals surface area (Å²) in [7, 11) is 0. The molecule has 0 aromatic heterocycles. The van der Waals surface area contributed by atoms with Crippen molar-refractivity contribution in [3.8, 4) is 0 Å². The van der Waals surface area contributed by atoms with E-state index in [0.717, 1.165) is 18.2 Å². The van der Waals surface area contributed by atoms with Gasteiger partial charge in [-0.15, -0.1) is 0 Å². The van der Waals surface area contributed by atoms with Gasteiger partial charge in [-0.2, -0.15) is 13.2 Å². The molecule has 1 atom stereocenters. The van der Waals surface area contributed by atoms with E-state index in [4.69, 9.17) is 11.6 Å². The van der Waals surface area contributed by atoms with Crippen LogP contribution in [0.3, 0.4) is 0 Å². The van der Waals surface area contributed by atoms with Gasteiger partial charge in [0.2, 0.25) is 0 Å². The van der Waals surface area contributed by atoms with Crippen LogP contribution in [0.5, 0.6) is 0 Å². The number of rotatable bonds is 1. The van der Waals surface area contributed by atoms with Crippen molar-refractivity contribution in [3.63, 3.8) is 0 Å². The molecule has 0 aliphatic rings. The first kappa shape index (κ1) is 11.8. The molecule has 0 amide bonds. The molecule has 0 nitrogen and oxygen atoms in total. The Morgan fingerprint density at radius 1 is 1.29 bits per heavy atom. The maximum Gasteiger partial charge on any atom is 0.405 e. The number of halogens is 6. The molecule has 6 heteroatoms. The predicted octanol–water partition coefficient (Wildman–Crippen LogP) is 4.48. The Labute approximate surface area is 91.0 Å². The van der Waals surface area contributed by atoms with E-state index in [1.54, 1.807) is 0 Å². The zero-order valence-electron chi connectivity index (χ0n) is 6.58. The lowest BCUT2D eigenvalue weighted by molar-refractivity contribution is -0.128. The van der Waals surface area contributed by atoms with Gasteiger partial charge in [-0.1, -0.05) is 27.5 Å². The van der Waals surface area contributed by atoms with Gasteiger partial charge < -0.3 is 0 Å². The van der Waals surface area contributed by atoms with E-state index in [2.05, 4.69) is 15.9 Å². The Morgan fingerprint density at radius 3 is 2.36 bits per heavy atom. The molecule has 14 heavy (non-hydrogen) atoms. The van der Waals surface area contributed by atoms with E-state index in [0.29, 0.717) is 0 Å². The van der Waals surface area contributed by atoms with Crippen molar-refractivity contribution in [1.82, 2.24) is 0 Å². The van der Waals surface area contributed by atoms with Crippen LogP contribution in [0.4, 0.5) is 17.6 Å². The van der Waals surface area contributed by atoms with Crippen LogP contribution in [-0.4, -0.2) is 6.18 Å². The van der Waals surface area contributed by atoms with E-state index >= 15 is 0 Å². The highest BCUT2D eigenvalue weighted by Crippen LogP contribution is 2.42. The van der Waals surface area contributed by atoms with E-state index in [9.17, 15) is 17.6 Å². The zero-order valence-corrected chi connectivity index (χ0v) is 8.92. The first-order valence-electron chi connectivity index (χ1n) is 3.48. The highest BCUT2D eigenvalue weighted by Gasteiger charge is 2.39. The van der Waals surface area contributed by atoms with Gasteiger partial charge in [0, 0.05) is 5.02 Å². The third-order valence-electron chi connectivity index (χ3n) is 1.52. The molecule has 0 radical (unpaired) electrons. The van der Waals surface area contributed by atoms with Crippen LogP contribution >= 0.6 is 27.5 Å². The standard InChI is InChI=1S/C8H4BrClF4/c9-7(8(12,13)14)5-3-4(11)1-2-6(5)10/h1-3,7H. The third kappa shape index (κ3) is 2.60. The quantitative estimate of drug-likeness (QED) is 0.529. The average Bonchev–Trinajstić information content (AvgIpc) is 2.06. The summed E-state index contributed by atoms with van der Waals surface area (Å²) < 4.78 is 49.3. The number of benzene rings is 1. The average molecular weight is 291 g/mol. The van der Waals surface area contributed by atoms with Gasteiger partial charge in [0.1, 0.15) is 10.6 Å². The van der Waals surface area contributed by atoms with Gasteiger partial charge in [-0.05, 0) is 23.8 Å². The molecule has 0 saturated heterocycles. The van der Waals surface area contributed by atoms with Crippen LogP contribution in [0, 0.1) is 5.82 Å². The molecule has 0 aliphatic heterocycles. The normalized spacial score (nSPS) is 14.1. The second-order valence-corrected chi connectivity index (χ2v) is 3.89. The van der Waals surface area contributed by atoms with Gasteiger partial charge >= 0.3 is 6.18 Å². The fraction of sp³-hybridized carbons (Fsp3) is 0.250. The molecule has 1 unspecified atom stereocenters. The predicted molar refractivity (Wildman–Crippen MR) is 49.1 cm³/mol. The van der Waals surface area contributed by atoms with Gasteiger partial charge in [-0.3, -0.25) is 0 Å². The fourth-order valence-electron chi connectivity index (χ4n) is 0.885. The minimum Gasteiger partial charge on any atom is -0.207 e. The molecule has 0 heterocycles. The van der Waals surface area contributed by atoms with Crippen LogP contribution < -0.4 is 0 Å². The second kappa shape index (κ2) is 4.06.